The van der Waals surface area contributed by atoms with Gasteiger partial charge in [0.1, 0.15) is 6.33 Å². The zero-order valence-electron chi connectivity index (χ0n) is 8.76. The molecule has 1 heterocycles. The molecule has 16 heavy (non-hydrogen) atoms. The lowest BCUT2D eigenvalue weighted by Gasteiger charge is -2.34. The van der Waals surface area contributed by atoms with E-state index in [9.17, 15) is 10.1 Å². The fourth-order valence-corrected chi connectivity index (χ4v) is 1.91. The Hall–Kier alpha value is -1.43. The first-order valence-corrected chi connectivity index (χ1v) is 5.36. The number of rotatable bonds is 3. The first-order valence-electron chi connectivity index (χ1n) is 4.99. The molecular formula is C9H11ClN4O2. The lowest BCUT2D eigenvalue weighted by molar-refractivity contribution is -0.384. The zero-order chi connectivity index (χ0) is 11.7. The van der Waals surface area contributed by atoms with Crippen LogP contribution < -0.4 is 4.90 Å². The van der Waals surface area contributed by atoms with Crippen molar-refractivity contribution in [2.75, 3.05) is 11.9 Å². The van der Waals surface area contributed by atoms with Gasteiger partial charge in [-0.05, 0) is 19.3 Å². The van der Waals surface area contributed by atoms with Crippen molar-refractivity contribution < 1.29 is 4.92 Å². The highest BCUT2D eigenvalue weighted by Gasteiger charge is 2.30. The second-order valence-electron chi connectivity index (χ2n) is 3.79. The number of aromatic nitrogens is 2. The molecule has 1 aromatic heterocycles. The van der Waals surface area contributed by atoms with Gasteiger partial charge in [-0.15, -0.1) is 0 Å². The second kappa shape index (κ2) is 4.21. The van der Waals surface area contributed by atoms with Gasteiger partial charge in [0, 0.05) is 13.1 Å². The number of anilines is 1. The zero-order valence-corrected chi connectivity index (χ0v) is 9.52. The van der Waals surface area contributed by atoms with Crippen LogP contribution in [0.4, 0.5) is 11.5 Å². The SMILES string of the molecule is CN(c1ncnc(Cl)c1[N+](=O)[O-])C1CCC1. The van der Waals surface area contributed by atoms with Gasteiger partial charge < -0.3 is 4.90 Å². The lowest BCUT2D eigenvalue weighted by Crippen LogP contribution is -2.38. The summed E-state index contributed by atoms with van der Waals surface area (Å²) in [6.45, 7) is 0. The molecule has 1 fully saturated rings. The molecule has 0 N–H and O–H groups in total. The summed E-state index contributed by atoms with van der Waals surface area (Å²) in [5.41, 5.74) is -0.210. The maximum atomic E-state index is 10.9. The molecule has 1 saturated carbocycles. The van der Waals surface area contributed by atoms with Crippen LogP contribution in [-0.2, 0) is 0 Å². The highest BCUT2D eigenvalue weighted by atomic mass is 35.5. The van der Waals surface area contributed by atoms with Gasteiger partial charge in [0.25, 0.3) is 0 Å². The number of nitro groups is 1. The number of nitrogens with zero attached hydrogens (tertiary/aromatic N) is 4. The molecule has 0 spiro atoms. The Kier molecular flexibility index (Phi) is 2.91. The van der Waals surface area contributed by atoms with Gasteiger partial charge >= 0.3 is 5.69 Å². The molecule has 0 radical (unpaired) electrons. The van der Waals surface area contributed by atoms with Crippen molar-refractivity contribution in [1.82, 2.24) is 9.97 Å². The molecule has 1 aromatic rings. The Labute approximate surface area is 97.4 Å². The van der Waals surface area contributed by atoms with Crippen LogP contribution in [0.25, 0.3) is 0 Å². The average molecular weight is 243 g/mol. The van der Waals surface area contributed by atoms with Crippen LogP contribution in [0, 0.1) is 10.1 Å². The molecule has 0 atom stereocenters. The smallest absolute Gasteiger partial charge is 0.348 e. The Morgan fingerprint density at radius 3 is 2.75 bits per heavy atom. The largest absolute Gasteiger partial charge is 0.351 e. The van der Waals surface area contributed by atoms with Crippen molar-refractivity contribution in [2.45, 2.75) is 25.3 Å². The van der Waals surface area contributed by atoms with Crippen LogP contribution in [0.15, 0.2) is 6.33 Å². The Morgan fingerprint density at radius 2 is 2.25 bits per heavy atom. The number of halogens is 1. The summed E-state index contributed by atoms with van der Waals surface area (Å²) in [5, 5.41) is 10.8. The maximum Gasteiger partial charge on any atom is 0.348 e. The molecule has 6 nitrogen and oxygen atoms in total. The molecule has 1 aliphatic rings. The summed E-state index contributed by atoms with van der Waals surface area (Å²) in [6.07, 6.45) is 4.48. The third-order valence-electron chi connectivity index (χ3n) is 2.90. The molecule has 0 amide bonds. The van der Waals surface area contributed by atoms with Crippen LogP contribution >= 0.6 is 11.6 Å². The minimum absolute atomic E-state index is 0.110. The van der Waals surface area contributed by atoms with E-state index in [1.165, 1.54) is 6.33 Å². The van der Waals surface area contributed by atoms with E-state index in [1.807, 2.05) is 4.90 Å². The minimum atomic E-state index is -0.535. The van der Waals surface area contributed by atoms with Gasteiger partial charge in [-0.3, -0.25) is 10.1 Å². The summed E-state index contributed by atoms with van der Waals surface area (Å²) in [7, 11) is 1.80. The van der Waals surface area contributed by atoms with Crippen LogP contribution in [0.5, 0.6) is 0 Å². The van der Waals surface area contributed by atoms with Crippen molar-refractivity contribution in [3.63, 3.8) is 0 Å². The van der Waals surface area contributed by atoms with Gasteiger partial charge in [0.15, 0.2) is 0 Å². The molecule has 86 valence electrons. The first-order chi connectivity index (χ1) is 7.61. The molecule has 0 aromatic carbocycles. The Balaban J connectivity index is 2.38. The van der Waals surface area contributed by atoms with Gasteiger partial charge in [0.05, 0.1) is 4.92 Å². The molecule has 7 heteroatoms. The summed E-state index contributed by atoms with van der Waals surface area (Å²) in [4.78, 5) is 19.8. The lowest BCUT2D eigenvalue weighted by atomic mass is 9.92. The molecule has 0 unspecified atom stereocenters. The summed E-state index contributed by atoms with van der Waals surface area (Å²) in [5.74, 6) is 0.301. The van der Waals surface area contributed by atoms with Crippen LogP contribution in [0.3, 0.4) is 0 Å². The van der Waals surface area contributed by atoms with Crippen molar-refractivity contribution in [3.8, 4) is 0 Å². The van der Waals surface area contributed by atoms with E-state index in [4.69, 9.17) is 11.6 Å². The molecule has 2 rings (SSSR count). The van der Waals surface area contributed by atoms with E-state index >= 15 is 0 Å². The van der Waals surface area contributed by atoms with Gasteiger partial charge in [0.2, 0.25) is 11.0 Å². The van der Waals surface area contributed by atoms with Crippen molar-refractivity contribution >= 4 is 23.1 Å². The minimum Gasteiger partial charge on any atom is -0.351 e. The second-order valence-corrected chi connectivity index (χ2v) is 4.15. The number of hydrogen-bond acceptors (Lipinski definition) is 5. The van der Waals surface area contributed by atoms with E-state index in [2.05, 4.69) is 9.97 Å². The van der Waals surface area contributed by atoms with Gasteiger partial charge in [-0.1, -0.05) is 11.6 Å². The van der Waals surface area contributed by atoms with E-state index in [0.29, 0.717) is 11.9 Å². The average Bonchev–Trinajstić information content (AvgIpc) is 2.13. The predicted molar refractivity (Wildman–Crippen MR) is 59.7 cm³/mol. The summed E-state index contributed by atoms with van der Waals surface area (Å²) < 4.78 is 0. The molecule has 0 bridgehead atoms. The van der Waals surface area contributed by atoms with Crippen LogP contribution in [0.2, 0.25) is 5.15 Å². The highest BCUT2D eigenvalue weighted by molar-refractivity contribution is 6.31. The highest BCUT2D eigenvalue weighted by Crippen LogP contribution is 2.35. The van der Waals surface area contributed by atoms with E-state index in [-0.39, 0.29) is 10.8 Å². The van der Waals surface area contributed by atoms with Crippen molar-refractivity contribution in [2.24, 2.45) is 0 Å². The standard InChI is InChI=1S/C9H11ClN4O2/c1-13(6-3-2-4-6)9-7(14(15)16)8(10)11-5-12-9/h5-6H,2-4H2,1H3. The van der Waals surface area contributed by atoms with Crippen LogP contribution in [0.1, 0.15) is 19.3 Å². The van der Waals surface area contributed by atoms with E-state index in [0.717, 1.165) is 19.3 Å². The first kappa shape index (κ1) is 11.1. The van der Waals surface area contributed by atoms with Gasteiger partial charge in [-0.25, -0.2) is 9.97 Å². The van der Waals surface area contributed by atoms with E-state index < -0.39 is 4.92 Å². The molecule has 0 aliphatic heterocycles. The normalized spacial score (nSPS) is 15.6. The van der Waals surface area contributed by atoms with E-state index in [1.54, 1.807) is 7.05 Å². The fraction of sp³-hybridized carbons (Fsp3) is 0.556. The Morgan fingerprint density at radius 1 is 1.56 bits per heavy atom. The summed E-state index contributed by atoms with van der Waals surface area (Å²) >= 11 is 5.71. The third kappa shape index (κ3) is 1.80. The molecule has 1 aliphatic carbocycles. The maximum absolute atomic E-state index is 10.9. The molecule has 0 saturated heterocycles. The monoisotopic (exact) mass is 242 g/mol. The summed E-state index contributed by atoms with van der Waals surface area (Å²) in [6, 6.07) is 0.324. The third-order valence-corrected chi connectivity index (χ3v) is 3.17. The van der Waals surface area contributed by atoms with Crippen molar-refractivity contribution in [1.29, 1.82) is 0 Å². The Bertz CT molecular complexity index is 422. The van der Waals surface area contributed by atoms with Gasteiger partial charge in [-0.2, -0.15) is 0 Å². The topological polar surface area (TPSA) is 72.2 Å². The number of hydrogen-bond donors (Lipinski definition) is 0. The van der Waals surface area contributed by atoms with Crippen molar-refractivity contribution in [3.05, 3.63) is 21.6 Å². The quantitative estimate of drug-likeness (QED) is 0.461. The fourth-order valence-electron chi connectivity index (χ4n) is 1.71. The molecular weight excluding hydrogens is 232 g/mol. The predicted octanol–water partition coefficient (Wildman–Crippen LogP) is 2.03. The van der Waals surface area contributed by atoms with Crippen LogP contribution in [-0.4, -0.2) is 28.0 Å².